The molecule has 10 nitrogen and oxygen atoms in total. The Kier molecular flexibility index (Phi) is 5.63. The zero-order valence-corrected chi connectivity index (χ0v) is 17.1. The molecule has 1 aromatic carbocycles. The van der Waals surface area contributed by atoms with Crippen molar-refractivity contribution in [1.82, 2.24) is 30.0 Å². The quantitative estimate of drug-likeness (QED) is 0.468. The molecule has 4 rings (SSSR count). The smallest absolute Gasteiger partial charge is 0.329 e. The molecule has 0 aliphatic heterocycles. The van der Waals surface area contributed by atoms with E-state index >= 15 is 0 Å². The lowest BCUT2D eigenvalue weighted by Crippen LogP contribution is -2.31. The van der Waals surface area contributed by atoms with Gasteiger partial charge in [0, 0.05) is 23.3 Å². The number of carbonyl (C=O) groups is 1. The van der Waals surface area contributed by atoms with Crippen LogP contribution in [0.15, 0.2) is 50.6 Å². The van der Waals surface area contributed by atoms with Crippen LogP contribution in [0.2, 0.25) is 5.02 Å². The maximum Gasteiger partial charge on any atom is 0.329 e. The van der Waals surface area contributed by atoms with Gasteiger partial charge in [-0.05, 0) is 36.8 Å². The number of fused-ring (bicyclic) bond motifs is 1. The first-order valence-electron chi connectivity index (χ1n) is 9.46. The molecule has 0 spiro atoms. The summed E-state index contributed by atoms with van der Waals surface area (Å²) in [4.78, 5) is 47.4. The van der Waals surface area contributed by atoms with Crippen LogP contribution in [0.3, 0.4) is 0 Å². The Labute approximate surface area is 179 Å². The maximum absolute atomic E-state index is 12.5. The summed E-state index contributed by atoms with van der Waals surface area (Å²) >= 11 is 5.87. The average molecular weight is 441 g/mol. The third kappa shape index (κ3) is 4.24. The van der Waals surface area contributed by atoms with Crippen molar-refractivity contribution in [1.29, 1.82) is 0 Å². The van der Waals surface area contributed by atoms with Crippen molar-refractivity contribution < 1.29 is 9.32 Å². The van der Waals surface area contributed by atoms with Gasteiger partial charge in [-0.15, -0.1) is 0 Å². The first-order valence-corrected chi connectivity index (χ1v) is 9.83. The van der Waals surface area contributed by atoms with E-state index in [1.807, 2.05) is 6.92 Å². The third-order valence-electron chi connectivity index (χ3n) is 4.51. The number of aromatic nitrogens is 5. The number of halogens is 1. The summed E-state index contributed by atoms with van der Waals surface area (Å²) < 4.78 is 6.53. The van der Waals surface area contributed by atoms with Gasteiger partial charge in [0.15, 0.2) is 0 Å². The zero-order chi connectivity index (χ0) is 22.0. The van der Waals surface area contributed by atoms with Gasteiger partial charge in [0.1, 0.15) is 5.65 Å². The lowest BCUT2D eigenvalue weighted by molar-refractivity contribution is 0.0946. The minimum Gasteiger partial charge on any atom is -0.343 e. The van der Waals surface area contributed by atoms with Crippen LogP contribution in [0.4, 0.5) is 0 Å². The molecule has 3 aromatic heterocycles. The van der Waals surface area contributed by atoms with Crippen LogP contribution in [0.25, 0.3) is 22.4 Å². The van der Waals surface area contributed by atoms with Crippen molar-refractivity contribution >= 4 is 28.5 Å². The van der Waals surface area contributed by atoms with E-state index in [2.05, 4.69) is 25.4 Å². The normalized spacial score (nSPS) is 11.0. The number of rotatable bonds is 6. The summed E-state index contributed by atoms with van der Waals surface area (Å²) in [7, 11) is 0. The first-order chi connectivity index (χ1) is 15.0. The van der Waals surface area contributed by atoms with Crippen LogP contribution >= 0.6 is 11.6 Å². The molecular weight excluding hydrogens is 424 g/mol. The fourth-order valence-corrected chi connectivity index (χ4v) is 3.15. The van der Waals surface area contributed by atoms with Crippen LogP contribution < -0.4 is 16.6 Å². The van der Waals surface area contributed by atoms with Crippen molar-refractivity contribution in [2.75, 3.05) is 0 Å². The molecule has 3 heterocycles. The molecule has 4 aromatic rings. The lowest BCUT2D eigenvalue weighted by Gasteiger charge is -2.08. The molecule has 0 aliphatic rings. The minimum absolute atomic E-state index is 0.0108. The lowest BCUT2D eigenvalue weighted by atomic mass is 10.2. The summed E-state index contributed by atoms with van der Waals surface area (Å²) in [5.74, 6) is 0.101. The molecule has 2 N–H and O–H groups in total. The van der Waals surface area contributed by atoms with E-state index < -0.39 is 17.2 Å². The molecule has 0 unspecified atom stereocenters. The molecule has 1 amide bonds. The minimum atomic E-state index is -0.598. The average Bonchev–Trinajstić information content (AvgIpc) is 3.24. The van der Waals surface area contributed by atoms with Crippen LogP contribution in [0.5, 0.6) is 0 Å². The van der Waals surface area contributed by atoms with Crippen LogP contribution in [0, 0.1) is 0 Å². The molecule has 31 heavy (non-hydrogen) atoms. The summed E-state index contributed by atoms with van der Waals surface area (Å²) in [5, 5.41) is 7.28. The van der Waals surface area contributed by atoms with Crippen molar-refractivity contribution in [2.24, 2.45) is 0 Å². The Balaban J connectivity index is 1.52. The van der Waals surface area contributed by atoms with E-state index in [9.17, 15) is 14.4 Å². The standard InChI is InChI=1S/C20H17ClN6O4/c1-2-7-27-17-14(19(29)25-20(27)30)8-12(9-22-17)18(28)23-10-15-24-16(26-31-15)11-3-5-13(21)6-4-11/h3-6,8-9H,2,7,10H2,1H3,(H,23,28)(H,25,29,30). The van der Waals surface area contributed by atoms with Gasteiger partial charge in [0.2, 0.25) is 11.7 Å². The van der Waals surface area contributed by atoms with Gasteiger partial charge in [-0.25, -0.2) is 9.78 Å². The first kappa shape index (κ1) is 20.5. The number of pyridine rings is 1. The highest BCUT2D eigenvalue weighted by Gasteiger charge is 2.14. The second kappa shape index (κ2) is 8.52. The number of aromatic amines is 1. The Bertz CT molecular complexity index is 1370. The SMILES string of the molecule is CCCn1c(=O)[nH]c(=O)c2cc(C(=O)NCc3nc(-c4ccc(Cl)cc4)no3)cnc21. The summed E-state index contributed by atoms with van der Waals surface area (Å²) in [6, 6.07) is 8.33. The molecule has 158 valence electrons. The number of hydrogen-bond acceptors (Lipinski definition) is 7. The highest BCUT2D eigenvalue weighted by Crippen LogP contribution is 2.18. The number of aryl methyl sites for hydroxylation is 1. The third-order valence-corrected chi connectivity index (χ3v) is 4.76. The predicted octanol–water partition coefficient (Wildman–Crippen LogP) is 2.13. The van der Waals surface area contributed by atoms with Crippen molar-refractivity contribution in [3.8, 4) is 11.4 Å². The van der Waals surface area contributed by atoms with Crippen molar-refractivity contribution in [2.45, 2.75) is 26.4 Å². The number of H-pyrrole nitrogens is 1. The Morgan fingerprint density at radius 1 is 1.26 bits per heavy atom. The van der Waals surface area contributed by atoms with E-state index in [1.165, 1.54) is 16.8 Å². The monoisotopic (exact) mass is 440 g/mol. The van der Waals surface area contributed by atoms with Gasteiger partial charge < -0.3 is 9.84 Å². The predicted molar refractivity (Wildman–Crippen MR) is 113 cm³/mol. The van der Waals surface area contributed by atoms with E-state index in [-0.39, 0.29) is 29.0 Å². The van der Waals surface area contributed by atoms with Gasteiger partial charge >= 0.3 is 5.69 Å². The number of nitrogens with zero attached hydrogens (tertiary/aromatic N) is 4. The van der Waals surface area contributed by atoms with Gasteiger partial charge in [0.25, 0.3) is 11.5 Å². The number of hydrogen-bond donors (Lipinski definition) is 2. The summed E-state index contributed by atoms with van der Waals surface area (Å²) in [6.07, 6.45) is 2.00. The fraction of sp³-hybridized carbons (Fsp3) is 0.200. The second-order valence-electron chi connectivity index (χ2n) is 6.71. The second-order valence-corrected chi connectivity index (χ2v) is 7.14. The van der Waals surface area contributed by atoms with Gasteiger partial charge in [-0.2, -0.15) is 4.98 Å². The Hall–Kier alpha value is -3.79. The molecule has 0 fully saturated rings. The summed E-state index contributed by atoms with van der Waals surface area (Å²) in [5.41, 5.74) is -0.00782. The van der Waals surface area contributed by atoms with E-state index in [0.29, 0.717) is 23.8 Å². The molecule has 0 saturated heterocycles. The number of carbonyl (C=O) groups excluding carboxylic acids is 1. The zero-order valence-electron chi connectivity index (χ0n) is 16.4. The molecule has 0 bridgehead atoms. The Morgan fingerprint density at radius 2 is 2.03 bits per heavy atom. The topological polar surface area (TPSA) is 136 Å². The molecule has 0 saturated carbocycles. The van der Waals surface area contributed by atoms with Crippen LogP contribution in [-0.4, -0.2) is 30.6 Å². The molecule has 11 heteroatoms. The van der Waals surface area contributed by atoms with Crippen molar-refractivity contribution in [3.05, 3.63) is 73.8 Å². The number of amides is 1. The van der Waals surface area contributed by atoms with E-state index in [0.717, 1.165) is 5.56 Å². The highest BCUT2D eigenvalue weighted by atomic mass is 35.5. The molecule has 0 atom stereocenters. The van der Waals surface area contributed by atoms with Gasteiger partial charge in [0.05, 0.1) is 17.5 Å². The summed E-state index contributed by atoms with van der Waals surface area (Å²) in [6.45, 7) is 2.29. The largest absolute Gasteiger partial charge is 0.343 e. The van der Waals surface area contributed by atoms with Gasteiger partial charge in [-0.1, -0.05) is 23.7 Å². The number of nitrogens with one attached hydrogen (secondary N) is 2. The van der Waals surface area contributed by atoms with Crippen LogP contribution in [0.1, 0.15) is 29.6 Å². The van der Waals surface area contributed by atoms with Crippen molar-refractivity contribution in [3.63, 3.8) is 0 Å². The van der Waals surface area contributed by atoms with Gasteiger partial charge in [-0.3, -0.25) is 19.1 Å². The van der Waals surface area contributed by atoms with Crippen LogP contribution in [-0.2, 0) is 13.1 Å². The number of benzene rings is 1. The molecule has 0 radical (unpaired) electrons. The maximum atomic E-state index is 12.5. The Morgan fingerprint density at radius 3 is 2.77 bits per heavy atom. The van der Waals surface area contributed by atoms with E-state index in [4.69, 9.17) is 16.1 Å². The van der Waals surface area contributed by atoms with E-state index in [1.54, 1.807) is 24.3 Å². The fourth-order valence-electron chi connectivity index (χ4n) is 3.02. The molecule has 0 aliphatic carbocycles. The molecular formula is C20H17ClN6O4. The highest BCUT2D eigenvalue weighted by molar-refractivity contribution is 6.30.